The van der Waals surface area contributed by atoms with E-state index < -0.39 is 0 Å². The molecule has 0 radical (unpaired) electrons. The van der Waals surface area contributed by atoms with Crippen LogP contribution in [-0.2, 0) is 11.3 Å². The van der Waals surface area contributed by atoms with Crippen LogP contribution >= 0.6 is 0 Å². The Morgan fingerprint density at radius 1 is 1.00 bits per heavy atom. The van der Waals surface area contributed by atoms with Gasteiger partial charge in [0.2, 0.25) is 11.9 Å². The quantitative estimate of drug-likeness (QED) is 0.808. The predicted octanol–water partition coefficient (Wildman–Crippen LogP) is 3.24. The Hall–Kier alpha value is -2.62. The lowest BCUT2D eigenvalue weighted by Gasteiger charge is -2.39. The molecule has 2 aliphatic rings. The second-order valence-corrected chi connectivity index (χ2v) is 5.76. The summed E-state index contributed by atoms with van der Waals surface area (Å²) >= 11 is 0. The minimum absolute atomic E-state index is 0.150. The molecule has 1 fully saturated rings. The van der Waals surface area contributed by atoms with Gasteiger partial charge in [0.15, 0.2) is 0 Å². The molecule has 0 aromatic heterocycles. The van der Waals surface area contributed by atoms with Gasteiger partial charge >= 0.3 is 0 Å². The number of carbonyl (C=O) groups excluding carboxylic acids is 1. The van der Waals surface area contributed by atoms with Crippen molar-refractivity contribution in [3.63, 3.8) is 0 Å². The van der Waals surface area contributed by atoms with E-state index in [1.54, 1.807) is 4.90 Å². The molecule has 0 unspecified atom stereocenters. The van der Waals surface area contributed by atoms with Gasteiger partial charge < -0.3 is 4.90 Å². The molecular formula is C18H17N3O. The van der Waals surface area contributed by atoms with Gasteiger partial charge in [0.25, 0.3) is 0 Å². The molecule has 2 aliphatic heterocycles. The first-order chi connectivity index (χ1) is 10.7. The van der Waals surface area contributed by atoms with Gasteiger partial charge in [0.05, 0.1) is 12.2 Å². The normalized spacial score (nSPS) is 17.0. The SMILES string of the molecule is Cc1ccc(N2CCC(=O)N3Cc4ccccc4N=C32)cc1. The zero-order valence-corrected chi connectivity index (χ0v) is 12.5. The number of aryl methyl sites for hydroxylation is 1. The summed E-state index contributed by atoms with van der Waals surface area (Å²) in [6.07, 6.45) is 0.523. The number of anilines is 1. The van der Waals surface area contributed by atoms with Crippen molar-refractivity contribution < 1.29 is 4.79 Å². The van der Waals surface area contributed by atoms with Crippen LogP contribution in [0.15, 0.2) is 53.5 Å². The molecule has 4 nitrogen and oxygen atoms in total. The zero-order valence-electron chi connectivity index (χ0n) is 12.5. The summed E-state index contributed by atoms with van der Waals surface area (Å²) in [5, 5.41) is 0. The minimum Gasteiger partial charge on any atom is -0.311 e. The van der Waals surface area contributed by atoms with E-state index in [-0.39, 0.29) is 5.91 Å². The molecule has 0 bridgehead atoms. The molecule has 110 valence electrons. The van der Waals surface area contributed by atoms with Crippen LogP contribution in [0.1, 0.15) is 17.5 Å². The van der Waals surface area contributed by atoms with Crippen molar-refractivity contribution in [2.24, 2.45) is 4.99 Å². The summed E-state index contributed by atoms with van der Waals surface area (Å²) in [4.78, 5) is 21.0. The highest BCUT2D eigenvalue weighted by Crippen LogP contribution is 2.31. The highest BCUT2D eigenvalue weighted by atomic mass is 16.2. The summed E-state index contributed by atoms with van der Waals surface area (Å²) in [5.41, 5.74) is 4.37. The molecule has 0 aliphatic carbocycles. The van der Waals surface area contributed by atoms with Crippen molar-refractivity contribution in [3.05, 3.63) is 59.7 Å². The maximum Gasteiger partial charge on any atom is 0.231 e. The number of rotatable bonds is 1. The molecule has 0 atom stereocenters. The summed E-state index contributed by atoms with van der Waals surface area (Å²) < 4.78 is 0. The second-order valence-electron chi connectivity index (χ2n) is 5.76. The first-order valence-corrected chi connectivity index (χ1v) is 7.53. The van der Waals surface area contributed by atoms with Gasteiger partial charge in [-0.25, -0.2) is 4.99 Å². The van der Waals surface area contributed by atoms with Crippen LogP contribution in [0.4, 0.5) is 11.4 Å². The third kappa shape index (κ3) is 2.08. The van der Waals surface area contributed by atoms with Crippen LogP contribution in [0.25, 0.3) is 0 Å². The van der Waals surface area contributed by atoms with E-state index in [4.69, 9.17) is 4.99 Å². The van der Waals surface area contributed by atoms with Gasteiger partial charge in [-0.05, 0) is 30.7 Å². The van der Waals surface area contributed by atoms with Crippen molar-refractivity contribution in [1.82, 2.24) is 4.90 Å². The summed E-state index contributed by atoms with van der Waals surface area (Å²) in [6, 6.07) is 16.4. The molecule has 2 aromatic rings. The van der Waals surface area contributed by atoms with E-state index in [1.165, 1.54) is 5.56 Å². The molecule has 1 saturated heterocycles. The predicted molar refractivity (Wildman–Crippen MR) is 87.2 cm³/mol. The molecule has 0 N–H and O–H groups in total. The fourth-order valence-electron chi connectivity index (χ4n) is 2.98. The van der Waals surface area contributed by atoms with E-state index in [2.05, 4.69) is 36.1 Å². The number of aliphatic imine (C=N–C) groups is 1. The number of nitrogens with zero attached hydrogens (tertiary/aromatic N) is 3. The minimum atomic E-state index is 0.150. The van der Waals surface area contributed by atoms with Crippen LogP contribution in [0, 0.1) is 6.92 Å². The van der Waals surface area contributed by atoms with Crippen molar-refractivity contribution in [2.75, 3.05) is 11.4 Å². The molecule has 22 heavy (non-hydrogen) atoms. The number of para-hydroxylation sites is 1. The smallest absolute Gasteiger partial charge is 0.231 e. The first kappa shape index (κ1) is 13.1. The Labute approximate surface area is 129 Å². The molecule has 2 aromatic carbocycles. The summed E-state index contributed by atoms with van der Waals surface area (Å²) in [5.74, 6) is 0.899. The van der Waals surface area contributed by atoms with Crippen molar-refractivity contribution >= 4 is 23.2 Å². The summed E-state index contributed by atoms with van der Waals surface area (Å²) in [7, 11) is 0. The third-order valence-electron chi connectivity index (χ3n) is 4.22. The van der Waals surface area contributed by atoms with E-state index in [9.17, 15) is 4.79 Å². The molecule has 1 amide bonds. The van der Waals surface area contributed by atoms with Gasteiger partial charge in [-0.15, -0.1) is 0 Å². The Bertz CT molecular complexity index is 764. The van der Waals surface area contributed by atoms with E-state index in [1.807, 2.05) is 24.3 Å². The average Bonchev–Trinajstić information content (AvgIpc) is 2.55. The zero-order chi connectivity index (χ0) is 15.1. The molecule has 0 saturated carbocycles. The second kappa shape index (κ2) is 4.98. The van der Waals surface area contributed by atoms with E-state index in [0.29, 0.717) is 19.5 Å². The van der Waals surface area contributed by atoms with Crippen LogP contribution in [-0.4, -0.2) is 23.3 Å². The molecule has 4 rings (SSSR count). The highest BCUT2D eigenvalue weighted by Gasteiger charge is 2.33. The number of carbonyl (C=O) groups is 1. The number of guanidine groups is 1. The first-order valence-electron chi connectivity index (χ1n) is 7.53. The number of fused-ring (bicyclic) bond motifs is 2. The lowest BCUT2D eigenvalue weighted by atomic mass is 10.1. The van der Waals surface area contributed by atoms with Gasteiger partial charge in [-0.3, -0.25) is 9.69 Å². The number of benzene rings is 2. The monoisotopic (exact) mass is 291 g/mol. The van der Waals surface area contributed by atoms with Gasteiger partial charge in [-0.2, -0.15) is 0 Å². The molecule has 0 spiro atoms. The Morgan fingerprint density at radius 3 is 2.59 bits per heavy atom. The topological polar surface area (TPSA) is 35.9 Å². The maximum atomic E-state index is 12.3. The molecule has 4 heteroatoms. The Kier molecular flexibility index (Phi) is 2.96. The largest absolute Gasteiger partial charge is 0.311 e. The average molecular weight is 291 g/mol. The lowest BCUT2D eigenvalue weighted by molar-refractivity contribution is -0.128. The fourth-order valence-corrected chi connectivity index (χ4v) is 2.98. The van der Waals surface area contributed by atoms with Crippen molar-refractivity contribution in [3.8, 4) is 0 Å². The van der Waals surface area contributed by atoms with Crippen LogP contribution in [0.5, 0.6) is 0 Å². The lowest BCUT2D eigenvalue weighted by Crippen LogP contribution is -2.53. The van der Waals surface area contributed by atoms with Crippen molar-refractivity contribution in [1.29, 1.82) is 0 Å². The van der Waals surface area contributed by atoms with E-state index in [0.717, 1.165) is 22.9 Å². The third-order valence-corrected chi connectivity index (χ3v) is 4.22. The number of amides is 1. The number of hydrogen-bond acceptors (Lipinski definition) is 3. The Morgan fingerprint density at radius 2 is 1.77 bits per heavy atom. The van der Waals surface area contributed by atoms with Gasteiger partial charge in [-0.1, -0.05) is 35.9 Å². The van der Waals surface area contributed by atoms with Crippen LogP contribution in [0.3, 0.4) is 0 Å². The van der Waals surface area contributed by atoms with Gasteiger partial charge in [0.1, 0.15) is 0 Å². The molecular weight excluding hydrogens is 274 g/mol. The van der Waals surface area contributed by atoms with Crippen LogP contribution in [0.2, 0.25) is 0 Å². The maximum absolute atomic E-state index is 12.3. The van der Waals surface area contributed by atoms with Crippen LogP contribution < -0.4 is 4.90 Å². The van der Waals surface area contributed by atoms with E-state index >= 15 is 0 Å². The highest BCUT2D eigenvalue weighted by molar-refractivity contribution is 6.10. The number of hydrogen-bond donors (Lipinski definition) is 0. The summed E-state index contributed by atoms with van der Waals surface area (Å²) in [6.45, 7) is 3.36. The van der Waals surface area contributed by atoms with Crippen molar-refractivity contribution in [2.45, 2.75) is 19.9 Å². The van der Waals surface area contributed by atoms with Gasteiger partial charge in [0, 0.05) is 18.7 Å². The standard InChI is InChI=1S/C18H17N3O/c1-13-6-8-15(9-7-13)20-11-10-17(22)21-12-14-4-2-3-5-16(14)19-18(20)21/h2-9H,10-12H2,1H3. The fraction of sp³-hybridized carbons (Fsp3) is 0.222. The molecule has 2 heterocycles. The Balaban J connectivity index is 1.79.